The summed E-state index contributed by atoms with van der Waals surface area (Å²) in [6.45, 7) is 1.64. The van der Waals surface area contributed by atoms with E-state index in [9.17, 15) is 0 Å². The molecule has 1 fully saturated rings. The third-order valence-electron chi connectivity index (χ3n) is 2.93. The molecular formula is C13H18ClNO. The molecule has 0 amide bonds. The molecule has 2 rings (SSSR count). The molecule has 0 saturated heterocycles. The normalized spacial score (nSPS) is 16.6. The SMILES string of the molecule is Clc1ccc(NCCOC2CCCC2)cc1. The molecule has 1 aliphatic carbocycles. The minimum Gasteiger partial charge on any atom is -0.383 e. The van der Waals surface area contributed by atoms with E-state index in [-0.39, 0.29) is 0 Å². The molecule has 1 aliphatic rings. The fourth-order valence-corrected chi connectivity index (χ4v) is 2.17. The highest BCUT2D eigenvalue weighted by Gasteiger charge is 2.14. The van der Waals surface area contributed by atoms with E-state index in [1.807, 2.05) is 24.3 Å². The molecule has 16 heavy (non-hydrogen) atoms. The third-order valence-corrected chi connectivity index (χ3v) is 3.18. The van der Waals surface area contributed by atoms with E-state index >= 15 is 0 Å². The Balaban J connectivity index is 1.62. The lowest BCUT2D eigenvalue weighted by molar-refractivity contribution is 0.0659. The Labute approximate surface area is 102 Å². The quantitative estimate of drug-likeness (QED) is 0.791. The first kappa shape index (κ1) is 11.7. The van der Waals surface area contributed by atoms with Gasteiger partial charge < -0.3 is 10.1 Å². The molecule has 0 heterocycles. The number of anilines is 1. The molecule has 0 aliphatic heterocycles. The zero-order valence-electron chi connectivity index (χ0n) is 9.42. The number of hydrogen-bond donors (Lipinski definition) is 1. The summed E-state index contributed by atoms with van der Waals surface area (Å²) >= 11 is 5.81. The molecule has 0 aromatic heterocycles. The van der Waals surface area contributed by atoms with Crippen molar-refractivity contribution >= 4 is 17.3 Å². The fraction of sp³-hybridized carbons (Fsp3) is 0.538. The van der Waals surface area contributed by atoms with Crippen molar-refractivity contribution in [2.45, 2.75) is 31.8 Å². The maximum absolute atomic E-state index is 5.81. The Morgan fingerprint density at radius 3 is 2.56 bits per heavy atom. The maximum atomic E-state index is 5.81. The summed E-state index contributed by atoms with van der Waals surface area (Å²) < 4.78 is 5.76. The second-order valence-corrected chi connectivity index (χ2v) is 4.65. The number of nitrogens with one attached hydrogen (secondary N) is 1. The first-order valence-corrected chi connectivity index (χ1v) is 6.33. The first-order chi connectivity index (χ1) is 7.84. The monoisotopic (exact) mass is 239 g/mol. The predicted octanol–water partition coefficient (Wildman–Crippen LogP) is 3.71. The second-order valence-electron chi connectivity index (χ2n) is 4.21. The maximum Gasteiger partial charge on any atom is 0.0642 e. The van der Waals surface area contributed by atoms with E-state index in [4.69, 9.17) is 16.3 Å². The molecule has 1 N–H and O–H groups in total. The van der Waals surface area contributed by atoms with Crippen LogP contribution in [0.15, 0.2) is 24.3 Å². The molecule has 0 atom stereocenters. The summed E-state index contributed by atoms with van der Waals surface area (Å²) in [4.78, 5) is 0. The zero-order chi connectivity index (χ0) is 11.2. The Hall–Kier alpha value is -0.730. The van der Waals surface area contributed by atoms with Gasteiger partial charge in [0.25, 0.3) is 0 Å². The van der Waals surface area contributed by atoms with Gasteiger partial charge in [-0.3, -0.25) is 0 Å². The highest BCUT2D eigenvalue weighted by atomic mass is 35.5. The van der Waals surface area contributed by atoms with Crippen LogP contribution in [-0.4, -0.2) is 19.3 Å². The van der Waals surface area contributed by atoms with Gasteiger partial charge in [-0.15, -0.1) is 0 Å². The van der Waals surface area contributed by atoms with Gasteiger partial charge in [0.1, 0.15) is 0 Å². The van der Waals surface area contributed by atoms with E-state index < -0.39 is 0 Å². The van der Waals surface area contributed by atoms with Gasteiger partial charge in [-0.2, -0.15) is 0 Å². The van der Waals surface area contributed by atoms with E-state index in [0.29, 0.717) is 6.10 Å². The topological polar surface area (TPSA) is 21.3 Å². The Bertz CT molecular complexity index is 306. The van der Waals surface area contributed by atoms with Gasteiger partial charge in [0.2, 0.25) is 0 Å². The van der Waals surface area contributed by atoms with Crippen molar-refractivity contribution in [3.05, 3.63) is 29.3 Å². The molecule has 3 heteroatoms. The Morgan fingerprint density at radius 2 is 1.88 bits per heavy atom. The van der Waals surface area contributed by atoms with Gasteiger partial charge in [0, 0.05) is 17.3 Å². The van der Waals surface area contributed by atoms with Crippen molar-refractivity contribution in [1.29, 1.82) is 0 Å². The lowest BCUT2D eigenvalue weighted by atomic mass is 10.3. The van der Waals surface area contributed by atoms with E-state index in [1.165, 1.54) is 25.7 Å². The summed E-state index contributed by atoms with van der Waals surface area (Å²) in [6, 6.07) is 7.75. The van der Waals surface area contributed by atoms with Gasteiger partial charge in [0.15, 0.2) is 0 Å². The summed E-state index contributed by atoms with van der Waals surface area (Å²) in [5.41, 5.74) is 1.10. The lowest BCUT2D eigenvalue weighted by Gasteiger charge is -2.12. The largest absolute Gasteiger partial charge is 0.383 e. The number of hydrogen-bond acceptors (Lipinski definition) is 2. The average molecular weight is 240 g/mol. The van der Waals surface area contributed by atoms with Crippen LogP contribution in [0.2, 0.25) is 5.02 Å². The van der Waals surface area contributed by atoms with Crippen molar-refractivity contribution in [3.8, 4) is 0 Å². The number of halogens is 1. The predicted molar refractivity (Wildman–Crippen MR) is 68.1 cm³/mol. The molecule has 2 nitrogen and oxygen atoms in total. The van der Waals surface area contributed by atoms with Crippen molar-refractivity contribution in [1.82, 2.24) is 0 Å². The lowest BCUT2D eigenvalue weighted by Crippen LogP contribution is -2.15. The van der Waals surface area contributed by atoms with E-state index in [0.717, 1.165) is 23.9 Å². The summed E-state index contributed by atoms with van der Waals surface area (Å²) in [5, 5.41) is 4.08. The smallest absolute Gasteiger partial charge is 0.0642 e. The van der Waals surface area contributed by atoms with E-state index in [1.54, 1.807) is 0 Å². The fourth-order valence-electron chi connectivity index (χ4n) is 2.04. The van der Waals surface area contributed by atoms with Crippen molar-refractivity contribution in [3.63, 3.8) is 0 Å². The van der Waals surface area contributed by atoms with Gasteiger partial charge in [-0.05, 0) is 37.1 Å². The molecular weight excluding hydrogens is 222 g/mol. The van der Waals surface area contributed by atoms with Crippen LogP contribution in [0.1, 0.15) is 25.7 Å². The number of benzene rings is 1. The van der Waals surface area contributed by atoms with Crippen LogP contribution in [0, 0.1) is 0 Å². The zero-order valence-corrected chi connectivity index (χ0v) is 10.2. The molecule has 1 saturated carbocycles. The van der Waals surface area contributed by atoms with Gasteiger partial charge >= 0.3 is 0 Å². The summed E-state index contributed by atoms with van der Waals surface area (Å²) in [7, 11) is 0. The van der Waals surface area contributed by atoms with Gasteiger partial charge in [0.05, 0.1) is 12.7 Å². The molecule has 1 aromatic carbocycles. The van der Waals surface area contributed by atoms with Gasteiger partial charge in [-0.25, -0.2) is 0 Å². The van der Waals surface area contributed by atoms with Crippen LogP contribution < -0.4 is 5.32 Å². The molecule has 0 bridgehead atoms. The molecule has 0 unspecified atom stereocenters. The van der Waals surface area contributed by atoms with Crippen molar-refractivity contribution in [2.24, 2.45) is 0 Å². The average Bonchev–Trinajstić information content (AvgIpc) is 2.80. The second kappa shape index (κ2) is 6.12. The van der Waals surface area contributed by atoms with Crippen molar-refractivity contribution < 1.29 is 4.74 Å². The minimum absolute atomic E-state index is 0.506. The standard InChI is InChI=1S/C13H18ClNO/c14-11-5-7-12(8-6-11)15-9-10-16-13-3-1-2-4-13/h5-8,13,15H,1-4,9-10H2. The minimum atomic E-state index is 0.506. The van der Waals surface area contributed by atoms with Crippen LogP contribution >= 0.6 is 11.6 Å². The highest BCUT2D eigenvalue weighted by Crippen LogP contribution is 2.20. The summed E-state index contributed by atoms with van der Waals surface area (Å²) in [6.07, 6.45) is 5.64. The van der Waals surface area contributed by atoms with Crippen molar-refractivity contribution in [2.75, 3.05) is 18.5 Å². The Kier molecular flexibility index (Phi) is 4.49. The first-order valence-electron chi connectivity index (χ1n) is 5.95. The van der Waals surface area contributed by atoms with Crippen LogP contribution in [0.25, 0.3) is 0 Å². The van der Waals surface area contributed by atoms with Crippen LogP contribution in [0.5, 0.6) is 0 Å². The van der Waals surface area contributed by atoms with Gasteiger partial charge in [-0.1, -0.05) is 24.4 Å². The highest BCUT2D eigenvalue weighted by molar-refractivity contribution is 6.30. The van der Waals surface area contributed by atoms with Crippen LogP contribution in [0.3, 0.4) is 0 Å². The summed E-state index contributed by atoms with van der Waals surface area (Å²) in [5.74, 6) is 0. The molecule has 88 valence electrons. The molecule has 1 aromatic rings. The van der Waals surface area contributed by atoms with E-state index in [2.05, 4.69) is 5.32 Å². The Morgan fingerprint density at radius 1 is 1.19 bits per heavy atom. The molecule has 0 radical (unpaired) electrons. The van der Waals surface area contributed by atoms with Crippen LogP contribution in [-0.2, 0) is 4.74 Å². The third kappa shape index (κ3) is 3.69. The number of ether oxygens (including phenoxy) is 1. The number of rotatable bonds is 5. The molecule has 0 spiro atoms. The van der Waals surface area contributed by atoms with Crippen LogP contribution in [0.4, 0.5) is 5.69 Å².